The molecule has 0 aliphatic rings. The van der Waals surface area contributed by atoms with E-state index in [-0.39, 0.29) is 5.69 Å². The first-order valence-electron chi connectivity index (χ1n) is 2.42. The van der Waals surface area contributed by atoms with E-state index in [9.17, 15) is 4.79 Å². The Hall–Kier alpha value is -0.640. The van der Waals surface area contributed by atoms with Crippen molar-refractivity contribution in [2.24, 2.45) is 0 Å². The number of alkyl halides is 1. The van der Waals surface area contributed by atoms with Crippen LogP contribution in [0.25, 0.3) is 0 Å². The molecule has 0 bridgehead atoms. The summed E-state index contributed by atoms with van der Waals surface area (Å²) in [5.41, 5.74) is 0.661. The highest BCUT2D eigenvalue weighted by molar-refractivity contribution is 9.08. The van der Waals surface area contributed by atoms with Crippen molar-refractivity contribution >= 4 is 15.9 Å². The first-order valence-corrected chi connectivity index (χ1v) is 3.54. The lowest BCUT2D eigenvalue weighted by molar-refractivity contribution is 1.05. The lowest BCUT2D eigenvalue weighted by Gasteiger charge is -1.88. The molecule has 1 rings (SSSR count). The number of aromatic amines is 1. The first kappa shape index (κ1) is 6.48. The molecular weight excluding hydrogens is 184 g/mol. The summed E-state index contributed by atoms with van der Waals surface area (Å²) >= 11 is 3.22. The molecule has 0 aromatic carbocycles. The fourth-order valence-electron chi connectivity index (χ4n) is 0.444. The fourth-order valence-corrected chi connectivity index (χ4v) is 0.750. The Morgan fingerprint density at radius 2 is 2.56 bits per heavy atom. The van der Waals surface area contributed by atoms with Crippen LogP contribution in [-0.4, -0.2) is 9.97 Å². The van der Waals surface area contributed by atoms with Crippen LogP contribution in [0.3, 0.4) is 0 Å². The van der Waals surface area contributed by atoms with Gasteiger partial charge in [-0.15, -0.1) is 0 Å². The van der Waals surface area contributed by atoms with E-state index < -0.39 is 0 Å². The number of H-pyrrole nitrogens is 1. The minimum absolute atomic E-state index is 0.306. The SMILES string of the molecule is O=c1ncc(CBr)c[nH]1. The van der Waals surface area contributed by atoms with Gasteiger partial charge in [0.1, 0.15) is 0 Å². The van der Waals surface area contributed by atoms with Crippen molar-refractivity contribution in [3.8, 4) is 0 Å². The average Bonchev–Trinajstić information content (AvgIpc) is 1.90. The summed E-state index contributed by atoms with van der Waals surface area (Å²) < 4.78 is 0. The second kappa shape index (κ2) is 2.77. The second-order valence-corrected chi connectivity index (χ2v) is 2.12. The highest BCUT2D eigenvalue weighted by Crippen LogP contribution is 1.97. The topological polar surface area (TPSA) is 45.8 Å². The van der Waals surface area contributed by atoms with Crippen LogP contribution in [0.1, 0.15) is 5.56 Å². The molecule has 0 atom stereocenters. The van der Waals surface area contributed by atoms with E-state index in [2.05, 4.69) is 25.9 Å². The zero-order valence-electron chi connectivity index (χ0n) is 4.60. The van der Waals surface area contributed by atoms with Gasteiger partial charge < -0.3 is 4.98 Å². The van der Waals surface area contributed by atoms with E-state index in [0.29, 0.717) is 0 Å². The predicted molar refractivity (Wildman–Crippen MR) is 37.5 cm³/mol. The van der Waals surface area contributed by atoms with Crippen molar-refractivity contribution in [1.82, 2.24) is 9.97 Å². The maximum atomic E-state index is 10.4. The van der Waals surface area contributed by atoms with Gasteiger partial charge in [-0.25, -0.2) is 9.78 Å². The molecule has 1 heterocycles. The van der Waals surface area contributed by atoms with Gasteiger partial charge in [0.15, 0.2) is 0 Å². The van der Waals surface area contributed by atoms with E-state index >= 15 is 0 Å². The Kier molecular flexibility index (Phi) is 2.00. The monoisotopic (exact) mass is 188 g/mol. The standard InChI is InChI=1S/C5H5BrN2O/c6-1-4-2-7-5(9)8-3-4/h2-3H,1H2,(H,7,8,9). The number of nitrogens with one attached hydrogen (secondary N) is 1. The summed E-state index contributed by atoms with van der Waals surface area (Å²) in [6.07, 6.45) is 3.16. The number of rotatable bonds is 1. The third kappa shape index (κ3) is 1.64. The maximum absolute atomic E-state index is 10.4. The van der Waals surface area contributed by atoms with Gasteiger partial charge in [-0.1, -0.05) is 15.9 Å². The third-order valence-corrected chi connectivity index (χ3v) is 1.53. The van der Waals surface area contributed by atoms with E-state index in [1.165, 1.54) is 6.20 Å². The Bertz CT molecular complexity index is 224. The highest BCUT2D eigenvalue weighted by Gasteiger charge is 1.86. The normalized spacial score (nSPS) is 9.44. The van der Waals surface area contributed by atoms with E-state index in [1.807, 2.05) is 0 Å². The van der Waals surface area contributed by atoms with Crippen molar-refractivity contribution in [2.75, 3.05) is 0 Å². The van der Waals surface area contributed by atoms with Crippen LogP contribution in [0, 0.1) is 0 Å². The number of hydrogen-bond donors (Lipinski definition) is 1. The molecule has 0 spiro atoms. The van der Waals surface area contributed by atoms with Crippen LogP contribution in [-0.2, 0) is 5.33 Å². The lowest BCUT2D eigenvalue weighted by Crippen LogP contribution is -2.08. The first-order chi connectivity index (χ1) is 4.33. The van der Waals surface area contributed by atoms with Crippen LogP contribution < -0.4 is 5.69 Å². The molecule has 1 aromatic heterocycles. The van der Waals surface area contributed by atoms with Crippen molar-refractivity contribution in [3.63, 3.8) is 0 Å². The summed E-state index contributed by atoms with van der Waals surface area (Å²) in [5.74, 6) is 0. The number of nitrogens with zero attached hydrogens (tertiary/aromatic N) is 1. The van der Waals surface area contributed by atoms with Crippen LogP contribution in [0.5, 0.6) is 0 Å². The summed E-state index contributed by atoms with van der Waals surface area (Å²) in [6, 6.07) is 0. The van der Waals surface area contributed by atoms with Crippen molar-refractivity contribution < 1.29 is 0 Å². The Balaban J connectivity index is 3.02. The molecule has 3 nitrogen and oxygen atoms in total. The largest absolute Gasteiger partial charge is 0.344 e. The van der Waals surface area contributed by atoms with Crippen molar-refractivity contribution in [3.05, 3.63) is 28.4 Å². The van der Waals surface area contributed by atoms with Crippen LogP contribution in [0.2, 0.25) is 0 Å². The quantitative estimate of drug-likeness (QED) is 0.659. The van der Waals surface area contributed by atoms with Gasteiger partial charge in [-0.2, -0.15) is 0 Å². The minimum atomic E-state index is -0.306. The Morgan fingerprint density at radius 1 is 1.78 bits per heavy atom. The molecule has 1 aromatic rings. The second-order valence-electron chi connectivity index (χ2n) is 1.56. The molecule has 0 saturated heterocycles. The zero-order chi connectivity index (χ0) is 6.69. The lowest BCUT2D eigenvalue weighted by atomic mass is 10.4. The molecule has 0 aliphatic heterocycles. The number of aromatic nitrogens is 2. The van der Waals surface area contributed by atoms with E-state index in [1.54, 1.807) is 6.20 Å². The number of halogens is 1. The van der Waals surface area contributed by atoms with Crippen molar-refractivity contribution in [2.45, 2.75) is 5.33 Å². The molecule has 48 valence electrons. The zero-order valence-corrected chi connectivity index (χ0v) is 6.18. The van der Waals surface area contributed by atoms with E-state index in [4.69, 9.17) is 0 Å². The maximum Gasteiger partial charge on any atom is 0.344 e. The molecule has 0 saturated carbocycles. The molecule has 0 unspecified atom stereocenters. The smallest absolute Gasteiger partial charge is 0.312 e. The van der Waals surface area contributed by atoms with Gasteiger partial charge in [-0.3, -0.25) is 0 Å². The minimum Gasteiger partial charge on any atom is -0.312 e. The highest BCUT2D eigenvalue weighted by atomic mass is 79.9. The number of hydrogen-bond acceptors (Lipinski definition) is 2. The van der Waals surface area contributed by atoms with Crippen LogP contribution in [0.4, 0.5) is 0 Å². The van der Waals surface area contributed by atoms with Crippen LogP contribution in [0.15, 0.2) is 17.2 Å². The average molecular weight is 189 g/mol. The molecule has 1 N–H and O–H groups in total. The third-order valence-electron chi connectivity index (χ3n) is 0.883. The van der Waals surface area contributed by atoms with Gasteiger partial charge >= 0.3 is 5.69 Å². The van der Waals surface area contributed by atoms with Gasteiger partial charge in [0, 0.05) is 17.7 Å². The summed E-state index contributed by atoms with van der Waals surface area (Å²) in [4.78, 5) is 16.3. The van der Waals surface area contributed by atoms with Gasteiger partial charge in [0.2, 0.25) is 0 Å². The summed E-state index contributed by atoms with van der Waals surface area (Å²) in [5, 5.41) is 0.719. The molecule has 9 heavy (non-hydrogen) atoms. The van der Waals surface area contributed by atoms with Gasteiger partial charge in [-0.05, 0) is 5.56 Å². The van der Waals surface area contributed by atoms with E-state index in [0.717, 1.165) is 10.9 Å². The molecule has 0 aliphatic carbocycles. The molecule has 0 fully saturated rings. The molecular formula is C5H5BrN2O. The molecule has 0 radical (unpaired) electrons. The van der Waals surface area contributed by atoms with Crippen LogP contribution >= 0.6 is 15.9 Å². The molecule has 0 amide bonds. The van der Waals surface area contributed by atoms with Gasteiger partial charge in [0.25, 0.3) is 0 Å². The Morgan fingerprint density at radius 3 is 3.00 bits per heavy atom. The fraction of sp³-hybridized carbons (Fsp3) is 0.200. The van der Waals surface area contributed by atoms with Gasteiger partial charge in [0.05, 0.1) is 0 Å². The Labute approximate surface area is 60.3 Å². The van der Waals surface area contributed by atoms with Crippen molar-refractivity contribution in [1.29, 1.82) is 0 Å². The predicted octanol–water partition coefficient (Wildman–Crippen LogP) is 0.665. The molecule has 4 heteroatoms. The summed E-state index contributed by atoms with van der Waals surface area (Å²) in [6.45, 7) is 0. The summed E-state index contributed by atoms with van der Waals surface area (Å²) in [7, 11) is 0.